The van der Waals surface area contributed by atoms with E-state index in [-0.39, 0.29) is 35.2 Å². The number of ether oxygens (including phenoxy) is 1. The molecule has 0 N–H and O–H groups in total. The third kappa shape index (κ3) is 3.46. The van der Waals surface area contributed by atoms with Crippen molar-refractivity contribution in [2.24, 2.45) is 11.8 Å². The minimum atomic E-state index is -2.11. The lowest BCUT2D eigenvalue weighted by atomic mass is 9.64. The first-order chi connectivity index (χ1) is 16.5. The molecule has 35 heavy (non-hydrogen) atoms. The predicted molar refractivity (Wildman–Crippen MR) is 140 cm³/mol. The average Bonchev–Trinajstić information content (AvgIpc) is 3.36. The van der Waals surface area contributed by atoms with Gasteiger partial charge in [0, 0.05) is 24.6 Å². The largest absolute Gasteiger partial charge is 0.543 e. The predicted octanol–water partition coefficient (Wildman–Crippen LogP) is 6.59. The Morgan fingerprint density at radius 3 is 2.23 bits per heavy atom. The van der Waals surface area contributed by atoms with Gasteiger partial charge < -0.3 is 9.16 Å². The first-order valence-corrected chi connectivity index (χ1v) is 15.7. The van der Waals surface area contributed by atoms with Crippen molar-refractivity contribution in [1.82, 2.24) is 4.90 Å². The highest BCUT2D eigenvalue weighted by Gasteiger charge is 2.58. The van der Waals surface area contributed by atoms with Crippen molar-refractivity contribution in [2.75, 3.05) is 7.05 Å². The molecule has 1 saturated heterocycles. The number of amides is 2. The summed E-state index contributed by atoms with van der Waals surface area (Å²) in [6, 6.07) is 6.29. The Labute approximate surface area is 211 Å². The van der Waals surface area contributed by atoms with Crippen LogP contribution in [-0.2, 0) is 9.59 Å². The normalized spacial score (nSPS) is 27.3. The number of fused-ring (bicyclic) bond motifs is 6. The maximum absolute atomic E-state index is 13.3. The Bertz CT molecular complexity index is 1050. The number of hydrogen-bond acceptors (Lipinski definition) is 4. The summed E-state index contributed by atoms with van der Waals surface area (Å²) in [5.74, 6) is 0.979. The molecule has 0 aromatic heterocycles. The molecule has 0 bridgehead atoms. The highest BCUT2D eigenvalue weighted by atomic mass is 28.4. The molecule has 1 aromatic rings. The number of imide groups is 1. The van der Waals surface area contributed by atoms with Crippen molar-refractivity contribution in [1.29, 1.82) is 0 Å². The molecule has 5 rings (SSSR count). The van der Waals surface area contributed by atoms with Crippen LogP contribution in [0, 0.1) is 11.8 Å². The van der Waals surface area contributed by atoms with Crippen LogP contribution >= 0.6 is 0 Å². The minimum absolute atomic E-state index is 0.0367. The zero-order chi connectivity index (χ0) is 25.3. The van der Waals surface area contributed by atoms with Gasteiger partial charge in [-0.25, -0.2) is 0 Å². The lowest BCUT2D eigenvalue weighted by Gasteiger charge is -2.47. The lowest BCUT2D eigenvalue weighted by molar-refractivity contribution is -0.138. The van der Waals surface area contributed by atoms with Gasteiger partial charge >= 0.3 is 0 Å². The van der Waals surface area contributed by atoms with Gasteiger partial charge in [0.05, 0.1) is 11.8 Å². The maximum atomic E-state index is 13.3. The fraction of sp³-hybridized carbons (Fsp3) is 0.655. The molecule has 1 spiro atoms. The highest BCUT2D eigenvalue weighted by Crippen LogP contribution is 2.59. The fourth-order valence-electron chi connectivity index (χ4n) is 8.02. The van der Waals surface area contributed by atoms with Crippen molar-refractivity contribution < 1.29 is 18.8 Å². The van der Waals surface area contributed by atoms with Crippen LogP contribution in [0.2, 0.25) is 16.6 Å². The first-order valence-electron chi connectivity index (χ1n) is 13.6. The van der Waals surface area contributed by atoms with Crippen molar-refractivity contribution in [3.05, 3.63) is 35.4 Å². The molecule has 0 radical (unpaired) electrons. The molecular weight excluding hydrogens is 454 g/mol. The van der Waals surface area contributed by atoms with Crippen molar-refractivity contribution in [2.45, 2.75) is 102 Å². The molecule has 2 aliphatic carbocycles. The Morgan fingerprint density at radius 2 is 1.63 bits per heavy atom. The number of carbonyl (C=O) groups is 2. The quantitative estimate of drug-likeness (QED) is 0.263. The van der Waals surface area contributed by atoms with Crippen LogP contribution in [0.25, 0.3) is 0 Å². The van der Waals surface area contributed by atoms with Crippen molar-refractivity contribution in [3.8, 4) is 11.5 Å². The van der Waals surface area contributed by atoms with Gasteiger partial charge in [0.25, 0.3) is 8.32 Å². The summed E-state index contributed by atoms with van der Waals surface area (Å²) < 4.78 is 13.9. The zero-order valence-electron chi connectivity index (χ0n) is 22.4. The van der Waals surface area contributed by atoms with Crippen LogP contribution < -0.4 is 9.16 Å². The second-order valence-corrected chi connectivity index (χ2v) is 17.5. The molecule has 190 valence electrons. The number of hydrogen-bond donors (Lipinski definition) is 0. The summed E-state index contributed by atoms with van der Waals surface area (Å²) in [7, 11) is -0.473. The molecular formula is C29H41NO4Si. The highest BCUT2D eigenvalue weighted by molar-refractivity contribution is 6.78. The molecule has 2 heterocycles. The van der Waals surface area contributed by atoms with Gasteiger partial charge in [0.1, 0.15) is 17.1 Å². The van der Waals surface area contributed by atoms with Gasteiger partial charge in [-0.3, -0.25) is 14.5 Å². The Balaban J connectivity index is 1.60. The number of rotatable bonds is 5. The summed E-state index contributed by atoms with van der Waals surface area (Å²) in [6.07, 6.45) is 7.07. The Kier molecular flexibility index (Phi) is 5.97. The Hall–Kier alpha value is -2.08. The molecule has 0 unspecified atom stereocenters. The first kappa shape index (κ1) is 24.6. The summed E-state index contributed by atoms with van der Waals surface area (Å²) in [5, 5.41) is 0. The van der Waals surface area contributed by atoms with Crippen molar-refractivity contribution in [3.63, 3.8) is 0 Å². The summed E-state index contributed by atoms with van der Waals surface area (Å²) in [5.41, 5.74) is 3.36. The number of likely N-dealkylation sites (tertiary alicyclic amines) is 1. The van der Waals surface area contributed by atoms with Crippen LogP contribution in [0.1, 0.15) is 85.1 Å². The van der Waals surface area contributed by atoms with Gasteiger partial charge in [-0.1, -0.05) is 53.7 Å². The van der Waals surface area contributed by atoms with Gasteiger partial charge in [-0.15, -0.1) is 0 Å². The van der Waals surface area contributed by atoms with E-state index in [2.05, 4.69) is 65.8 Å². The van der Waals surface area contributed by atoms with Crippen LogP contribution in [0.3, 0.4) is 0 Å². The SMILES string of the molecule is CC(C)[Si](Oc1ccc2c(c1)OC1(CCCC1)C1=CC[C@H]3C(=O)N(C)C(=O)[C@H]3[C@H]12)(C(C)C)C(C)C. The molecule has 2 fully saturated rings. The molecule has 3 atom stereocenters. The summed E-state index contributed by atoms with van der Waals surface area (Å²) in [6.45, 7) is 13.8. The van der Waals surface area contributed by atoms with Crippen LogP contribution in [-0.4, -0.2) is 37.7 Å². The van der Waals surface area contributed by atoms with Crippen LogP contribution in [0.15, 0.2) is 29.8 Å². The van der Waals surface area contributed by atoms with Gasteiger partial charge in [-0.2, -0.15) is 0 Å². The molecule has 5 nitrogen and oxygen atoms in total. The van der Waals surface area contributed by atoms with E-state index >= 15 is 0 Å². The number of benzene rings is 1. The third-order valence-corrected chi connectivity index (χ3v) is 15.6. The van der Waals surface area contributed by atoms with E-state index < -0.39 is 8.32 Å². The van der Waals surface area contributed by atoms with E-state index in [0.717, 1.165) is 42.7 Å². The molecule has 2 amide bonds. The summed E-state index contributed by atoms with van der Waals surface area (Å²) >= 11 is 0. The topological polar surface area (TPSA) is 55.8 Å². The van der Waals surface area contributed by atoms with E-state index in [4.69, 9.17) is 9.16 Å². The zero-order valence-corrected chi connectivity index (χ0v) is 23.4. The van der Waals surface area contributed by atoms with Crippen molar-refractivity contribution >= 4 is 20.1 Å². The number of carbonyl (C=O) groups excluding carboxylic acids is 2. The van der Waals surface area contributed by atoms with E-state index in [1.165, 1.54) is 10.5 Å². The third-order valence-electron chi connectivity index (χ3n) is 9.55. The van der Waals surface area contributed by atoms with E-state index in [1.54, 1.807) is 7.05 Å². The molecule has 1 aromatic carbocycles. The van der Waals surface area contributed by atoms with E-state index in [0.29, 0.717) is 23.0 Å². The smallest absolute Gasteiger partial charge is 0.258 e. The van der Waals surface area contributed by atoms with E-state index in [1.807, 2.05) is 0 Å². The second kappa shape index (κ2) is 8.50. The molecule has 6 heteroatoms. The average molecular weight is 496 g/mol. The fourth-order valence-corrected chi connectivity index (χ4v) is 13.3. The minimum Gasteiger partial charge on any atom is -0.543 e. The summed E-state index contributed by atoms with van der Waals surface area (Å²) in [4.78, 5) is 27.6. The maximum Gasteiger partial charge on any atom is 0.258 e. The van der Waals surface area contributed by atoms with E-state index in [9.17, 15) is 9.59 Å². The number of allylic oxidation sites excluding steroid dienone is 1. The van der Waals surface area contributed by atoms with Gasteiger partial charge in [-0.05, 0) is 60.4 Å². The second-order valence-electron chi connectivity index (χ2n) is 12.2. The monoisotopic (exact) mass is 495 g/mol. The molecule has 2 aliphatic heterocycles. The lowest BCUT2D eigenvalue weighted by Crippen LogP contribution is -2.50. The Morgan fingerprint density at radius 1 is 1.00 bits per heavy atom. The van der Waals surface area contributed by atoms with Crippen LogP contribution in [0.5, 0.6) is 11.5 Å². The molecule has 1 saturated carbocycles. The molecule has 4 aliphatic rings. The van der Waals surface area contributed by atoms with Crippen LogP contribution in [0.4, 0.5) is 0 Å². The van der Waals surface area contributed by atoms with Gasteiger partial charge in [0.2, 0.25) is 11.8 Å². The number of nitrogens with zero attached hydrogens (tertiary/aromatic N) is 1. The van der Waals surface area contributed by atoms with Gasteiger partial charge in [0.15, 0.2) is 0 Å². The standard InChI is InChI=1S/C29H41NO4Si/c1-17(2)35(18(3)4,19(5)6)34-20-10-11-21-24(16-20)33-29(14-8-9-15-29)23-13-12-22-26(25(21)23)28(32)30(7)27(22)31/h10-11,13,16-19,22,25-26H,8-9,12,14-15H2,1-7H3/t22-,25+,26-/m1/s1.